The zero-order valence-electron chi connectivity index (χ0n) is 18.4. The van der Waals surface area contributed by atoms with E-state index in [1.54, 1.807) is 0 Å². The molecule has 0 aliphatic carbocycles. The fourth-order valence-electron chi connectivity index (χ4n) is 3.41. The molecule has 1 aromatic carbocycles. The third-order valence-corrected chi connectivity index (χ3v) is 5.37. The lowest BCUT2D eigenvalue weighted by atomic mass is 10.0. The van der Waals surface area contributed by atoms with Crippen molar-refractivity contribution in [2.45, 2.75) is 45.6 Å². The van der Waals surface area contributed by atoms with Gasteiger partial charge in [-0.2, -0.15) is 0 Å². The van der Waals surface area contributed by atoms with Gasteiger partial charge in [0.25, 0.3) is 0 Å². The Hall–Kier alpha value is -0.860. The number of hydrogen-bond donors (Lipinski definition) is 2. The average molecular weight is 502 g/mol. The van der Waals surface area contributed by atoms with Crippen LogP contribution in [0.15, 0.2) is 29.3 Å². The summed E-state index contributed by atoms with van der Waals surface area (Å²) < 4.78 is 0. The van der Waals surface area contributed by atoms with Crippen LogP contribution in [0.1, 0.15) is 44.2 Å². The number of rotatable bonds is 8. The SMILES string of the molecule is CCNC(=NCC1CN(C)CCN1C)NCCCc1ccc(C(C)C)cc1.I. The molecule has 1 fully saturated rings. The molecule has 1 heterocycles. The van der Waals surface area contributed by atoms with Gasteiger partial charge in [0, 0.05) is 38.8 Å². The maximum atomic E-state index is 4.82. The van der Waals surface area contributed by atoms with Crippen molar-refractivity contribution in [3.63, 3.8) is 0 Å². The van der Waals surface area contributed by atoms with Crippen LogP contribution >= 0.6 is 24.0 Å². The van der Waals surface area contributed by atoms with Crippen LogP contribution in [0.5, 0.6) is 0 Å². The summed E-state index contributed by atoms with van der Waals surface area (Å²) in [7, 11) is 4.40. The van der Waals surface area contributed by atoms with E-state index >= 15 is 0 Å². The van der Waals surface area contributed by atoms with E-state index in [-0.39, 0.29) is 24.0 Å². The minimum absolute atomic E-state index is 0. The van der Waals surface area contributed by atoms with Crippen LogP contribution < -0.4 is 10.6 Å². The summed E-state index contributed by atoms with van der Waals surface area (Å²) in [5.41, 5.74) is 2.83. The van der Waals surface area contributed by atoms with Crippen molar-refractivity contribution < 1.29 is 0 Å². The van der Waals surface area contributed by atoms with Crippen molar-refractivity contribution in [3.05, 3.63) is 35.4 Å². The number of aliphatic imine (C=N–C) groups is 1. The van der Waals surface area contributed by atoms with E-state index in [1.165, 1.54) is 11.1 Å². The van der Waals surface area contributed by atoms with E-state index in [4.69, 9.17) is 4.99 Å². The number of hydrogen-bond acceptors (Lipinski definition) is 3. The van der Waals surface area contributed by atoms with E-state index in [2.05, 4.69) is 79.6 Å². The first kappa shape index (κ1) is 25.2. The normalized spacial score (nSPS) is 18.8. The minimum atomic E-state index is 0. The fraction of sp³-hybridized carbons (Fsp3) is 0.682. The second-order valence-electron chi connectivity index (χ2n) is 8.04. The van der Waals surface area contributed by atoms with Gasteiger partial charge in [0.05, 0.1) is 6.54 Å². The molecule has 2 rings (SSSR count). The minimum Gasteiger partial charge on any atom is -0.357 e. The van der Waals surface area contributed by atoms with Gasteiger partial charge in [0.2, 0.25) is 0 Å². The molecule has 1 aliphatic rings. The summed E-state index contributed by atoms with van der Waals surface area (Å²) >= 11 is 0. The Bertz CT molecular complexity index is 573. The number of guanidine groups is 1. The van der Waals surface area contributed by atoms with E-state index in [1.807, 2.05) is 0 Å². The second-order valence-corrected chi connectivity index (χ2v) is 8.04. The highest BCUT2D eigenvalue weighted by Gasteiger charge is 2.21. The second kappa shape index (κ2) is 13.4. The molecule has 1 aromatic rings. The van der Waals surface area contributed by atoms with Gasteiger partial charge in [-0.3, -0.25) is 9.89 Å². The molecule has 0 aromatic heterocycles. The van der Waals surface area contributed by atoms with Crippen LogP contribution in [-0.2, 0) is 6.42 Å². The third kappa shape index (κ3) is 8.66. The quantitative estimate of drug-likeness (QED) is 0.249. The molecule has 1 saturated heterocycles. The van der Waals surface area contributed by atoms with Crippen LogP contribution in [0, 0.1) is 0 Å². The molecule has 1 atom stereocenters. The number of nitrogens with one attached hydrogen (secondary N) is 2. The maximum Gasteiger partial charge on any atom is 0.191 e. The largest absolute Gasteiger partial charge is 0.357 e. The molecule has 1 aliphatic heterocycles. The van der Waals surface area contributed by atoms with E-state index in [0.717, 1.165) is 58.1 Å². The van der Waals surface area contributed by atoms with Gasteiger partial charge in [0.1, 0.15) is 0 Å². The van der Waals surface area contributed by atoms with Crippen LogP contribution in [0.4, 0.5) is 0 Å². The zero-order chi connectivity index (χ0) is 19.6. The van der Waals surface area contributed by atoms with Crippen LogP contribution in [0.3, 0.4) is 0 Å². The van der Waals surface area contributed by atoms with E-state index < -0.39 is 0 Å². The van der Waals surface area contributed by atoms with E-state index in [9.17, 15) is 0 Å². The molecular formula is C22H40IN5. The van der Waals surface area contributed by atoms with Gasteiger partial charge in [-0.1, -0.05) is 38.1 Å². The lowest BCUT2D eigenvalue weighted by molar-refractivity contribution is 0.119. The van der Waals surface area contributed by atoms with Gasteiger partial charge in [-0.05, 0) is 50.9 Å². The van der Waals surface area contributed by atoms with Crippen LogP contribution in [-0.4, -0.2) is 75.2 Å². The molecule has 0 amide bonds. The lowest BCUT2D eigenvalue weighted by Crippen LogP contribution is -2.51. The Balaban J connectivity index is 0.00000392. The molecule has 28 heavy (non-hydrogen) atoms. The standard InChI is InChI=1S/C22H39N5.HI/c1-6-23-22(25-16-21-17-26(4)14-15-27(21)5)24-13-7-8-19-9-11-20(12-10-19)18(2)3;/h9-12,18,21H,6-8,13-17H2,1-5H3,(H2,23,24,25);1H. The Labute approximate surface area is 189 Å². The summed E-state index contributed by atoms with van der Waals surface area (Å²) in [4.78, 5) is 9.64. The molecule has 1 unspecified atom stereocenters. The number of aryl methyl sites for hydroxylation is 1. The topological polar surface area (TPSA) is 42.9 Å². The highest BCUT2D eigenvalue weighted by Crippen LogP contribution is 2.15. The smallest absolute Gasteiger partial charge is 0.191 e. The van der Waals surface area contributed by atoms with Gasteiger partial charge >= 0.3 is 0 Å². The zero-order valence-corrected chi connectivity index (χ0v) is 20.7. The van der Waals surface area contributed by atoms with Crippen molar-refractivity contribution in [2.24, 2.45) is 4.99 Å². The predicted octanol–water partition coefficient (Wildman–Crippen LogP) is 3.16. The number of likely N-dealkylation sites (N-methyl/N-ethyl adjacent to an activating group) is 2. The monoisotopic (exact) mass is 501 g/mol. The molecule has 2 N–H and O–H groups in total. The van der Waals surface area contributed by atoms with Gasteiger partial charge in [0.15, 0.2) is 5.96 Å². The fourth-order valence-corrected chi connectivity index (χ4v) is 3.41. The molecule has 6 heteroatoms. The summed E-state index contributed by atoms with van der Waals surface area (Å²) in [6.07, 6.45) is 2.21. The highest BCUT2D eigenvalue weighted by atomic mass is 127. The maximum absolute atomic E-state index is 4.82. The first-order valence-corrected chi connectivity index (χ1v) is 10.5. The van der Waals surface area contributed by atoms with Crippen LogP contribution in [0.25, 0.3) is 0 Å². The van der Waals surface area contributed by atoms with Crippen molar-refractivity contribution >= 4 is 29.9 Å². The number of halogens is 1. The molecule has 0 spiro atoms. The summed E-state index contributed by atoms with van der Waals surface area (Å²) in [6, 6.07) is 9.56. The first-order valence-electron chi connectivity index (χ1n) is 10.5. The first-order chi connectivity index (χ1) is 13.0. The lowest BCUT2D eigenvalue weighted by Gasteiger charge is -2.36. The van der Waals surface area contributed by atoms with Gasteiger partial charge in [-0.15, -0.1) is 24.0 Å². The van der Waals surface area contributed by atoms with Gasteiger partial charge in [-0.25, -0.2) is 0 Å². The van der Waals surface area contributed by atoms with Crippen molar-refractivity contribution in [2.75, 3.05) is 53.4 Å². The average Bonchev–Trinajstić information content (AvgIpc) is 2.66. The molecular weight excluding hydrogens is 461 g/mol. The molecule has 0 radical (unpaired) electrons. The van der Waals surface area contributed by atoms with Crippen LogP contribution in [0.2, 0.25) is 0 Å². The molecule has 5 nitrogen and oxygen atoms in total. The van der Waals surface area contributed by atoms with E-state index in [0.29, 0.717) is 12.0 Å². The Morgan fingerprint density at radius 2 is 1.86 bits per heavy atom. The number of piperazine rings is 1. The highest BCUT2D eigenvalue weighted by molar-refractivity contribution is 14.0. The molecule has 0 bridgehead atoms. The Morgan fingerprint density at radius 3 is 2.50 bits per heavy atom. The van der Waals surface area contributed by atoms with Crippen molar-refractivity contribution in [1.29, 1.82) is 0 Å². The predicted molar refractivity (Wildman–Crippen MR) is 132 cm³/mol. The summed E-state index contributed by atoms with van der Waals surface area (Å²) in [5.74, 6) is 1.54. The summed E-state index contributed by atoms with van der Waals surface area (Å²) in [5, 5.41) is 6.87. The third-order valence-electron chi connectivity index (χ3n) is 5.37. The summed E-state index contributed by atoms with van der Waals surface area (Å²) in [6.45, 7) is 12.6. The number of nitrogens with zero attached hydrogens (tertiary/aromatic N) is 3. The Kier molecular flexibility index (Phi) is 12.0. The number of benzene rings is 1. The van der Waals surface area contributed by atoms with Crippen molar-refractivity contribution in [1.82, 2.24) is 20.4 Å². The molecule has 0 saturated carbocycles. The van der Waals surface area contributed by atoms with Crippen molar-refractivity contribution in [3.8, 4) is 0 Å². The molecule has 160 valence electrons. The van der Waals surface area contributed by atoms with Gasteiger partial charge < -0.3 is 15.5 Å². The Morgan fingerprint density at radius 1 is 1.14 bits per heavy atom.